The van der Waals surface area contributed by atoms with E-state index in [0.29, 0.717) is 25.2 Å². The van der Waals surface area contributed by atoms with Crippen LogP contribution in [0.3, 0.4) is 0 Å². The number of aromatic nitrogens is 1. The van der Waals surface area contributed by atoms with Gasteiger partial charge in [-0.1, -0.05) is 19.3 Å². The molecule has 1 amide bonds. The number of aliphatic hydroxyl groups is 1. The van der Waals surface area contributed by atoms with Gasteiger partial charge in [-0.25, -0.2) is 4.98 Å². The number of carbonyl (C=O) groups is 1. The van der Waals surface area contributed by atoms with Crippen LogP contribution in [0.15, 0.2) is 5.38 Å². The van der Waals surface area contributed by atoms with Crippen molar-refractivity contribution < 1.29 is 9.90 Å². The molecule has 2 rings (SSSR count). The van der Waals surface area contributed by atoms with E-state index in [9.17, 15) is 9.90 Å². The van der Waals surface area contributed by atoms with Crippen LogP contribution in [0.4, 0.5) is 0 Å². The normalized spacial score (nSPS) is 18.2. The van der Waals surface area contributed by atoms with E-state index in [4.69, 9.17) is 5.73 Å². The van der Waals surface area contributed by atoms with Crippen LogP contribution in [-0.2, 0) is 6.42 Å². The minimum atomic E-state index is -0.732. The Hall–Kier alpha value is -0.980. The van der Waals surface area contributed by atoms with Gasteiger partial charge in [0.1, 0.15) is 5.69 Å². The van der Waals surface area contributed by atoms with Gasteiger partial charge in [-0.2, -0.15) is 0 Å². The lowest BCUT2D eigenvalue weighted by molar-refractivity contribution is 0.00522. The number of nitrogens with two attached hydrogens (primary N) is 1. The Labute approximate surface area is 117 Å². The smallest absolute Gasteiger partial charge is 0.270 e. The molecular formula is C13H21N3O2S. The van der Waals surface area contributed by atoms with Crippen molar-refractivity contribution in [3.63, 3.8) is 0 Å². The molecule has 6 heteroatoms. The molecule has 0 radical (unpaired) electrons. The van der Waals surface area contributed by atoms with Crippen LogP contribution >= 0.6 is 11.3 Å². The molecule has 0 unspecified atom stereocenters. The molecule has 0 saturated heterocycles. The SMILES string of the molecule is NCCc1nc(C(=O)NCC2(O)CCCCC2)cs1. The number of amides is 1. The number of hydrogen-bond acceptors (Lipinski definition) is 5. The Morgan fingerprint density at radius 2 is 2.21 bits per heavy atom. The zero-order valence-electron chi connectivity index (χ0n) is 11.0. The summed E-state index contributed by atoms with van der Waals surface area (Å²) >= 11 is 1.45. The van der Waals surface area contributed by atoms with Crippen molar-refractivity contribution in [1.82, 2.24) is 10.3 Å². The zero-order chi connectivity index (χ0) is 13.7. The minimum Gasteiger partial charge on any atom is -0.388 e. The van der Waals surface area contributed by atoms with E-state index < -0.39 is 5.60 Å². The lowest BCUT2D eigenvalue weighted by Crippen LogP contribution is -2.44. The maximum atomic E-state index is 11.9. The molecule has 5 nitrogen and oxygen atoms in total. The molecule has 0 aliphatic heterocycles. The first-order valence-electron chi connectivity index (χ1n) is 6.78. The zero-order valence-corrected chi connectivity index (χ0v) is 11.8. The molecule has 1 aliphatic carbocycles. The van der Waals surface area contributed by atoms with Gasteiger partial charge >= 0.3 is 0 Å². The molecule has 0 aromatic carbocycles. The van der Waals surface area contributed by atoms with E-state index in [2.05, 4.69) is 10.3 Å². The number of hydrogen-bond donors (Lipinski definition) is 3. The predicted octanol–water partition coefficient (Wildman–Crippen LogP) is 1.07. The van der Waals surface area contributed by atoms with Crippen molar-refractivity contribution in [2.45, 2.75) is 44.1 Å². The highest BCUT2D eigenvalue weighted by Gasteiger charge is 2.29. The van der Waals surface area contributed by atoms with Gasteiger partial charge in [-0.05, 0) is 19.4 Å². The lowest BCUT2D eigenvalue weighted by Gasteiger charge is -2.31. The molecular weight excluding hydrogens is 262 g/mol. The summed E-state index contributed by atoms with van der Waals surface area (Å²) in [5, 5.41) is 15.7. The highest BCUT2D eigenvalue weighted by Crippen LogP contribution is 2.27. The van der Waals surface area contributed by atoms with Crippen LogP contribution in [-0.4, -0.2) is 34.7 Å². The Morgan fingerprint density at radius 1 is 1.47 bits per heavy atom. The third kappa shape index (κ3) is 3.99. The third-order valence-corrected chi connectivity index (χ3v) is 4.41. The predicted molar refractivity (Wildman–Crippen MR) is 75.2 cm³/mol. The molecule has 1 aliphatic rings. The Kier molecular flexibility index (Phi) is 4.90. The van der Waals surface area contributed by atoms with E-state index in [1.165, 1.54) is 17.8 Å². The first-order chi connectivity index (χ1) is 9.13. The van der Waals surface area contributed by atoms with Gasteiger partial charge in [0.2, 0.25) is 0 Å². The van der Waals surface area contributed by atoms with Gasteiger partial charge in [-0.3, -0.25) is 4.79 Å². The van der Waals surface area contributed by atoms with E-state index in [-0.39, 0.29) is 5.91 Å². The van der Waals surface area contributed by atoms with Crippen molar-refractivity contribution in [3.05, 3.63) is 16.1 Å². The van der Waals surface area contributed by atoms with E-state index in [0.717, 1.165) is 30.7 Å². The fourth-order valence-corrected chi connectivity index (χ4v) is 3.17. The molecule has 1 heterocycles. The van der Waals surface area contributed by atoms with E-state index in [1.54, 1.807) is 5.38 Å². The van der Waals surface area contributed by atoms with Crippen molar-refractivity contribution in [1.29, 1.82) is 0 Å². The summed E-state index contributed by atoms with van der Waals surface area (Å²) in [4.78, 5) is 16.2. The molecule has 4 N–H and O–H groups in total. The van der Waals surface area contributed by atoms with Crippen LogP contribution in [0, 0.1) is 0 Å². The van der Waals surface area contributed by atoms with Crippen LogP contribution < -0.4 is 11.1 Å². The Bertz CT molecular complexity index is 427. The summed E-state index contributed by atoms with van der Waals surface area (Å²) in [6, 6.07) is 0. The second-order valence-corrected chi connectivity index (χ2v) is 6.08. The van der Waals surface area contributed by atoms with E-state index in [1.807, 2.05) is 0 Å². The van der Waals surface area contributed by atoms with Gasteiger partial charge in [0, 0.05) is 18.3 Å². The molecule has 0 atom stereocenters. The quantitative estimate of drug-likeness (QED) is 0.754. The van der Waals surface area contributed by atoms with Gasteiger partial charge in [0.05, 0.1) is 10.6 Å². The fourth-order valence-electron chi connectivity index (χ4n) is 2.38. The second-order valence-electron chi connectivity index (χ2n) is 5.13. The Morgan fingerprint density at radius 3 is 2.89 bits per heavy atom. The molecule has 1 fully saturated rings. The number of rotatable bonds is 5. The summed E-state index contributed by atoms with van der Waals surface area (Å²) in [5.74, 6) is -0.210. The average molecular weight is 283 g/mol. The first-order valence-corrected chi connectivity index (χ1v) is 7.66. The maximum absolute atomic E-state index is 11.9. The van der Waals surface area contributed by atoms with Crippen LogP contribution in [0.2, 0.25) is 0 Å². The fraction of sp³-hybridized carbons (Fsp3) is 0.692. The van der Waals surface area contributed by atoms with Gasteiger partial charge in [-0.15, -0.1) is 11.3 Å². The summed E-state index contributed by atoms with van der Waals surface area (Å²) in [6.07, 6.45) is 5.46. The summed E-state index contributed by atoms with van der Waals surface area (Å²) < 4.78 is 0. The number of nitrogens with one attached hydrogen (secondary N) is 1. The molecule has 0 spiro atoms. The standard InChI is InChI=1S/C13H21N3O2S/c14-7-4-11-16-10(8-19-11)12(17)15-9-13(18)5-2-1-3-6-13/h8,18H,1-7,9,14H2,(H,15,17). The van der Waals surface area contributed by atoms with Gasteiger partial charge in [0.15, 0.2) is 0 Å². The van der Waals surface area contributed by atoms with Crippen molar-refractivity contribution in [2.24, 2.45) is 5.73 Å². The Balaban J connectivity index is 1.86. The van der Waals surface area contributed by atoms with E-state index >= 15 is 0 Å². The molecule has 19 heavy (non-hydrogen) atoms. The summed E-state index contributed by atoms with van der Waals surface area (Å²) in [7, 11) is 0. The molecule has 1 aromatic heterocycles. The highest BCUT2D eigenvalue weighted by molar-refractivity contribution is 7.09. The van der Waals surface area contributed by atoms with Crippen LogP contribution in [0.25, 0.3) is 0 Å². The lowest BCUT2D eigenvalue weighted by atomic mass is 9.85. The summed E-state index contributed by atoms with van der Waals surface area (Å²) in [5.41, 5.74) is 5.14. The highest BCUT2D eigenvalue weighted by atomic mass is 32.1. The largest absolute Gasteiger partial charge is 0.388 e. The van der Waals surface area contributed by atoms with Crippen molar-refractivity contribution in [3.8, 4) is 0 Å². The number of thiazole rings is 1. The number of nitrogens with zero attached hydrogens (tertiary/aromatic N) is 1. The molecule has 1 saturated carbocycles. The minimum absolute atomic E-state index is 0.210. The van der Waals surface area contributed by atoms with Crippen LogP contribution in [0.1, 0.15) is 47.6 Å². The molecule has 1 aromatic rings. The number of carbonyl (C=O) groups excluding carboxylic acids is 1. The van der Waals surface area contributed by atoms with Crippen molar-refractivity contribution >= 4 is 17.2 Å². The van der Waals surface area contributed by atoms with Gasteiger partial charge in [0.25, 0.3) is 5.91 Å². The summed E-state index contributed by atoms with van der Waals surface area (Å²) in [6.45, 7) is 0.851. The first kappa shape index (κ1) is 14.4. The van der Waals surface area contributed by atoms with Gasteiger partial charge < -0.3 is 16.2 Å². The van der Waals surface area contributed by atoms with Crippen LogP contribution in [0.5, 0.6) is 0 Å². The average Bonchev–Trinajstić information content (AvgIpc) is 2.86. The molecule has 0 bridgehead atoms. The third-order valence-electron chi connectivity index (χ3n) is 3.50. The molecule has 106 valence electrons. The van der Waals surface area contributed by atoms with Crippen molar-refractivity contribution in [2.75, 3.05) is 13.1 Å². The monoisotopic (exact) mass is 283 g/mol. The second kappa shape index (κ2) is 6.45. The topological polar surface area (TPSA) is 88.2 Å². The maximum Gasteiger partial charge on any atom is 0.270 e.